The Morgan fingerprint density at radius 2 is 2.13 bits per heavy atom. The molecule has 0 N–H and O–H groups in total. The van der Waals surface area contributed by atoms with Gasteiger partial charge in [-0.15, -0.1) is 6.58 Å². The molecule has 2 aliphatic carbocycles. The average Bonchev–Trinajstić information content (AvgIpc) is 2.50. The van der Waals surface area contributed by atoms with E-state index in [0.29, 0.717) is 3.42 Å². The Morgan fingerprint density at radius 1 is 1.35 bits per heavy atom. The van der Waals surface area contributed by atoms with Crippen molar-refractivity contribution in [3.05, 3.63) is 24.8 Å². The van der Waals surface area contributed by atoms with Crippen molar-refractivity contribution in [1.82, 2.24) is 0 Å². The third kappa shape index (κ3) is 6.21. The van der Waals surface area contributed by atoms with E-state index in [0.717, 1.165) is 29.6 Å². The Kier molecular flexibility index (Phi) is 7.69. The van der Waals surface area contributed by atoms with Gasteiger partial charge in [0.15, 0.2) is 0 Å². The van der Waals surface area contributed by atoms with E-state index in [1.165, 1.54) is 57.8 Å². The van der Waals surface area contributed by atoms with Crippen molar-refractivity contribution in [3.63, 3.8) is 0 Å². The summed E-state index contributed by atoms with van der Waals surface area (Å²) in [6.07, 6.45) is 19.5. The second-order valence-electron chi connectivity index (χ2n) is 8.79. The summed E-state index contributed by atoms with van der Waals surface area (Å²) < 4.78 is 0.515. The minimum absolute atomic E-state index is 0.515. The first-order valence-electron chi connectivity index (χ1n) is 9.87. The van der Waals surface area contributed by atoms with E-state index < -0.39 is 0 Å². The van der Waals surface area contributed by atoms with Gasteiger partial charge in [-0.1, -0.05) is 74.4 Å². The Balaban J connectivity index is 1.91. The van der Waals surface area contributed by atoms with Crippen molar-refractivity contribution >= 4 is 22.6 Å². The molecule has 6 unspecified atom stereocenters. The number of hydrogen-bond donors (Lipinski definition) is 0. The molecule has 6 atom stereocenters. The van der Waals surface area contributed by atoms with Crippen LogP contribution >= 0.6 is 22.6 Å². The molecule has 0 saturated heterocycles. The summed E-state index contributed by atoms with van der Waals surface area (Å²) in [7, 11) is 0. The highest BCUT2D eigenvalue weighted by Gasteiger charge is 2.39. The zero-order valence-electron chi connectivity index (χ0n) is 15.6. The summed E-state index contributed by atoms with van der Waals surface area (Å²) in [5.74, 6) is 4.47. The lowest BCUT2D eigenvalue weighted by Crippen LogP contribution is -2.36. The molecule has 0 bridgehead atoms. The van der Waals surface area contributed by atoms with Crippen molar-refractivity contribution in [2.45, 2.75) is 82.0 Å². The smallest absolute Gasteiger partial charge is 0.0199 e. The minimum Gasteiger partial charge on any atom is -0.103 e. The average molecular weight is 428 g/mol. The topological polar surface area (TPSA) is 0 Å². The van der Waals surface area contributed by atoms with Crippen LogP contribution in [0.15, 0.2) is 24.8 Å². The van der Waals surface area contributed by atoms with Gasteiger partial charge in [0.25, 0.3) is 0 Å². The van der Waals surface area contributed by atoms with Gasteiger partial charge in [-0.05, 0) is 74.5 Å². The first kappa shape index (κ1) is 19.5. The van der Waals surface area contributed by atoms with Gasteiger partial charge < -0.3 is 0 Å². The number of halogens is 1. The van der Waals surface area contributed by atoms with Crippen LogP contribution in [0.25, 0.3) is 0 Å². The van der Waals surface area contributed by atoms with Crippen molar-refractivity contribution in [1.29, 1.82) is 0 Å². The second kappa shape index (κ2) is 9.06. The van der Waals surface area contributed by atoms with Crippen LogP contribution in [0.4, 0.5) is 0 Å². The largest absolute Gasteiger partial charge is 0.103 e. The van der Waals surface area contributed by atoms with Crippen LogP contribution < -0.4 is 0 Å². The zero-order chi connectivity index (χ0) is 16.9. The normalized spacial score (nSPS) is 39.1. The summed E-state index contributed by atoms with van der Waals surface area (Å²) in [5, 5.41) is 0. The Morgan fingerprint density at radius 3 is 2.83 bits per heavy atom. The summed E-state index contributed by atoms with van der Waals surface area (Å²) in [6.45, 7) is 11.3. The summed E-state index contributed by atoms with van der Waals surface area (Å²) in [5.41, 5.74) is 0. The predicted octanol–water partition coefficient (Wildman–Crippen LogP) is 7.58. The van der Waals surface area contributed by atoms with E-state index in [-0.39, 0.29) is 0 Å². The fourth-order valence-corrected chi connectivity index (χ4v) is 6.21. The third-order valence-corrected chi connectivity index (χ3v) is 7.20. The number of rotatable bonds is 7. The van der Waals surface area contributed by atoms with Crippen molar-refractivity contribution in [2.24, 2.45) is 29.6 Å². The van der Waals surface area contributed by atoms with Crippen LogP contribution in [0, 0.1) is 29.6 Å². The van der Waals surface area contributed by atoms with Gasteiger partial charge in [0.05, 0.1) is 0 Å². The lowest BCUT2D eigenvalue weighted by Gasteiger charge is -2.44. The van der Waals surface area contributed by atoms with Gasteiger partial charge in [-0.3, -0.25) is 0 Å². The molecule has 0 nitrogen and oxygen atoms in total. The molecule has 0 aromatic rings. The number of alkyl halides is 1. The second-order valence-corrected chi connectivity index (χ2v) is 11.4. The first-order chi connectivity index (χ1) is 10.9. The van der Waals surface area contributed by atoms with E-state index in [2.05, 4.69) is 68.2 Å². The quantitative estimate of drug-likeness (QED) is 0.223. The van der Waals surface area contributed by atoms with E-state index in [1.54, 1.807) is 0 Å². The molecule has 0 aromatic carbocycles. The van der Waals surface area contributed by atoms with Gasteiger partial charge in [0.2, 0.25) is 0 Å². The first-order valence-corrected chi connectivity index (χ1v) is 11.0. The summed E-state index contributed by atoms with van der Waals surface area (Å²) in [4.78, 5) is 0. The van der Waals surface area contributed by atoms with E-state index in [9.17, 15) is 0 Å². The van der Waals surface area contributed by atoms with Crippen LogP contribution in [-0.2, 0) is 0 Å². The molecule has 2 aliphatic rings. The highest BCUT2D eigenvalue weighted by molar-refractivity contribution is 14.1. The fourth-order valence-electron chi connectivity index (χ4n) is 5.02. The zero-order valence-corrected chi connectivity index (χ0v) is 17.7. The van der Waals surface area contributed by atoms with Gasteiger partial charge in [0, 0.05) is 3.42 Å². The van der Waals surface area contributed by atoms with Crippen molar-refractivity contribution < 1.29 is 0 Å². The molecule has 0 heterocycles. The molecular weight excluding hydrogens is 391 g/mol. The Bertz CT molecular complexity index is 395. The molecule has 0 radical (unpaired) electrons. The van der Waals surface area contributed by atoms with Crippen LogP contribution in [0.2, 0.25) is 0 Å². The maximum atomic E-state index is 3.86. The fraction of sp³-hybridized carbons (Fsp3) is 0.818. The molecule has 1 fully saturated rings. The van der Waals surface area contributed by atoms with Crippen LogP contribution in [0.3, 0.4) is 0 Å². The monoisotopic (exact) mass is 428 g/mol. The molecule has 1 heteroatoms. The maximum Gasteiger partial charge on any atom is 0.0199 e. The Hall–Kier alpha value is 0.210. The molecule has 1 saturated carbocycles. The van der Waals surface area contributed by atoms with Gasteiger partial charge in [-0.2, -0.15) is 0 Å². The highest BCUT2D eigenvalue weighted by Crippen LogP contribution is 2.49. The lowest BCUT2D eigenvalue weighted by molar-refractivity contribution is 0.148. The van der Waals surface area contributed by atoms with Gasteiger partial charge >= 0.3 is 0 Å². The summed E-state index contributed by atoms with van der Waals surface area (Å²) >= 11 is 2.77. The third-order valence-electron chi connectivity index (χ3n) is 6.32. The predicted molar refractivity (Wildman–Crippen MR) is 112 cm³/mol. The van der Waals surface area contributed by atoms with Crippen molar-refractivity contribution in [2.75, 3.05) is 0 Å². The van der Waals surface area contributed by atoms with E-state index >= 15 is 0 Å². The molecule has 0 spiro atoms. The van der Waals surface area contributed by atoms with E-state index in [1.807, 2.05) is 0 Å². The van der Waals surface area contributed by atoms with Crippen molar-refractivity contribution in [3.8, 4) is 0 Å². The van der Waals surface area contributed by atoms with Gasteiger partial charge in [0.1, 0.15) is 0 Å². The minimum atomic E-state index is 0.515. The number of allylic oxidation sites excluding steroid dienone is 3. The van der Waals surface area contributed by atoms with E-state index in [4.69, 9.17) is 0 Å². The lowest BCUT2D eigenvalue weighted by atomic mass is 9.65. The molecule has 0 amide bonds. The molecule has 23 heavy (non-hydrogen) atoms. The molecule has 2 rings (SSSR count). The molecule has 132 valence electrons. The maximum absolute atomic E-state index is 3.86. The molecular formula is C22H37I. The van der Waals surface area contributed by atoms with Gasteiger partial charge in [-0.25, -0.2) is 0 Å². The Labute approximate surface area is 158 Å². The molecule has 0 aliphatic heterocycles. The van der Waals surface area contributed by atoms with Crippen LogP contribution in [0.5, 0.6) is 0 Å². The van der Waals surface area contributed by atoms with Crippen LogP contribution in [-0.4, -0.2) is 3.42 Å². The standard InChI is InChI=1S/C22H37I/c1-5-6-9-17(2)12-13-19-14-20(16-22(4,23)15-19)21-11-8-7-10-18(21)3/h5,8,11,17-21H,1,6-7,9-10,12-16H2,2-4H3. The molecule has 0 aromatic heterocycles. The summed E-state index contributed by atoms with van der Waals surface area (Å²) in [6, 6.07) is 0. The highest BCUT2D eigenvalue weighted by atomic mass is 127. The van der Waals surface area contributed by atoms with Crippen LogP contribution in [0.1, 0.15) is 78.6 Å². The SMILES string of the molecule is C=CCCC(C)CCC1CC(C2C=CCCC2C)CC(C)(I)C1. The number of hydrogen-bond acceptors (Lipinski definition) is 0.